The summed E-state index contributed by atoms with van der Waals surface area (Å²) in [5.41, 5.74) is 12.5. The van der Waals surface area contributed by atoms with E-state index >= 15 is 0 Å². The van der Waals surface area contributed by atoms with Crippen LogP contribution in [0.25, 0.3) is 0 Å². The molecule has 0 saturated heterocycles. The number of benzene rings is 1. The maximum Gasteiger partial charge on any atom is 0.251 e. The smallest absolute Gasteiger partial charge is 0.251 e. The van der Waals surface area contributed by atoms with E-state index in [1.807, 2.05) is 12.1 Å². The minimum Gasteiger partial charge on any atom is -0.351 e. The summed E-state index contributed by atoms with van der Waals surface area (Å²) in [6.45, 7) is 0.945. The largest absolute Gasteiger partial charge is 0.351 e. The van der Waals surface area contributed by atoms with Crippen LogP contribution in [-0.4, -0.2) is 26.0 Å². The lowest BCUT2D eigenvalue weighted by molar-refractivity contribution is 0.0955. The Morgan fingerprint density at radius 1 is 1.33 bits per heavy atom. The first-order chi connectivity index (χ1) is 7.27. The molecular weight excluding hydrogens is 192 g/mol. The van der Waals surface area contributed by atoms with Crippen molar-refractivity contribution in [1.82, 2.24) is 10.7 Å². The number of nitrogens with one attached hydrogen (secondary N) is 3. The fourth-order valence-corrected chi connectivity index (χ4v) is 1.14. The van der Waals surface area contributed by atoms with Crippen LogP contribution in [0, 0.1) is 0 Å². The molecule has 5 N–H and O–H groups in total. The molecule has 5 nitrogen and oxygen atoms in total. The lowest BCUT2D eigenvalue weighted by Gasteiger charge is -2.06. The van der Waals surface area contributed by atoms with Crippen LogP contribution >= 0.6 is 0 Å². The zero-order valence-electron chi connectivity index (χ0n) is 8.71. The average molecular weight is 208 g/mol. The molecule has 1 aromatic rings. The first kappa shape index (κ1) is 11.5. The average Bonchev–Trinajstić information content (AvgIpc) is 2.27. The van der Waals surface area contributed by atoms with Gasteiger partial charge in [-0.25, -0.2) is 5.43 Å². The predicted octanol–water partition coefficient (Wildman–Crippen LogP) is -0.0786. The molecule has 15 heavy (non-hydrogen) atoms. The van der Waals surface area contributed by atoms with Gasteiger partial charge in [0.1, 0.15) is 0 Å². The summed E-state index contributed by atoms with van der Waals surface area (Å²) in [5, 5.41) is 2.70. The molecule has 1 amide bonds. The number of anilines is 1. The van der Waals surface area contributed by atoms with Crippen molar-refractivity contribution in [2.75, 3.05) is 25.6 Å². The normalized spacial score (nSPS) is 9.73. The van der Waals surface area contributed by atoms with Crippen LogP contribution < -0.4 is 21.9 Å². The van der Waals surface area contributed by atoms with Gasteiger partial charge in [0.25, 0.3) is 5.91 Å². The minimum atomic E-state index is -0.101. The summed E-state index contributed by atoms with van der Waals surface area (Å²) in [7, 11) is 1.78. The van der Waals surface area contributed by atoms with Crippen molar-refractivity contribution in [1.29, 1.82) is 0 Å². The van der Waals surface area contributed by atoms with E-state index in [2.05, 4.69) is 16.2 Å². The van der Waals surface area contributed by atoms with Crippen LogP contribution in [0.4, 0.5) is 5.69 Å². The van der Waals surface area contributed by atoms with Gasteiger partial charge in [0.2, 0.25) is 0 Å². The second kappa shape index (κ2) is 6.00. The molecule has 0 aliphatic heterocycles. The predicted molar refractivity (Wildman–Crippen MR) is 60.5 cm³/mol. The fourth-order valence-electron chi connectivity index (χ4n) is 1.14. The van der Waals surface area contributed by atoms with Crippen LogP contribution in [-0.2, 0) is 0 Å². The quantitative estimate of drug-likeness (QED) is 0.510. The Morgan fingerprint density at radius 3 is 2.53 bits per heavy atom. The number of rotatable bonds is 5. The lowest BCUT2D eigenvalue weighted by atomic mass is 10.2. The van der Waals surface area contributed by atoms with Gasteiger partial charge in [-0.3, -0.25) is 4.79 Å². The van der Waals surface area contributed by atoms with Crippen LogP contribution in [0.5, 0.6) is 0 Å². The van der Waals surface area contributed by atoms with Gasteiger partial charge in [0.15, 0.2) is 0 Å². The van der Waals surface area contributed by atoms with Crippen LogP contribution in [0.3, 0.4) is 0 Å². The number of hydrogen-bond acceptors (Lipinski definition) is 4. The summed E-state index contributed by atoms with van der Waals surface area (Å²) >= 11 is 0. The van der Waals surface area contributed by atoms with Crippen molar-refractivity contribution < 1.29 is 4.79 Å². The van der Waals surface area contributed by atoms with E-state index in [4.69, 9.17) is 5.73 Å². The third-order valence-corrected chi connectivity index (χ3v) is 1.85. The van der Waals surface area contributed by atoms with Crippen LogP contribution in [0.1, 0.15) is 10.4 Å². The molecule has 0 aromatic heterocycles. The molecule has 0 radical (unpaired) electrons. The molecule has 5 heteroatoms. The summed E-state index contributed by atoms with van der Waals surface area (Å²) in [6.07, 6.45) is 0. The van der Waals surface area contributed by atoms with Crippen molar-refractivity contribution in [3.63, 3.8) is 0 Å². The van der Waals surface area contributed by atoms with Gasteiger partial charge in [-0.15, -0.1) is 0 Å². The number of amides is 1. The van der Waals surface area contributed by atoms with Crippen molar-refractivity contribution in [3.05, 3.63) is 29.8 Å². The topological polar surface area (TPSA) is 79.2 Å². The van der Waals surface area contributed by atoms with Crippen molar-refractivity contribution in [2.45, 2.75) is 0 Å². The highest BCUT2D eigenvalue weighted by Gasteiger charge is 2.03. The number of nitrogens with two attached hydrogens (primary N) is 1. The van der Waals surface area contributed by atoms with Crippen molar-refractivity contribution >= 4 is 11.6 Å². The van der Waals surface area contributed by atoms with E-state index in [1.54, 1.807) is 19.2 Å². The summed E-state index contributed by atoms with van der Waals surface area (Å²) < 4.78 is 0. The number of hydrazine groups is 1. The molecule has 0 unspecified atom stereocenters. The lowest BCUT2D eigenvalue weighted by Crippen LogP contribution is -2.28. The third kappa shape index (κ3) is 3.57. The molecule has 0 atom stereocenters. The Hall–Kier alpha value is -1.59. The first-order valence-corrected chi connectivity index (χ1v) is 4.79. The SMILES string of the molecule is CNNc1ccc(C(=O)NCCN)cc1. The molecule has 1 aromatic carbocycles. The Morgan fingerprint density at radius 2 is 2.00 bits per heavy atom. The fraction of sp³-hybridized carbons (Fsp3) is 0.300. The first-order valence-electron chi connectivity index (χ1n) is 4.79. The molecule has 0 aliphatic carbocycles. The maximum atomic E-state index is 11.5. The van der Waals surface area contributed by atoms with Gasteiger partial charge < -0.3 is 16.5 Å². The van der Waals surface area contributed by atoms with E-state index in [0.29, 0.717) is 18.7 Å². The van der Waals surface area contributed by atoms with Crippen LogP contribution in [0.15, 0.2) is 24.3 Å². The molecule has 0 spiro atoms. The summed E-state index contributed by atoms with van der Waals surface area (Å²) in [4.78, 5) is 11.5. The molecule has 0 aliphatic rings. The molecule has 0 bridgehead atoms. The standard InChI is InChI=1S/C10H16N4O/c1-12-14-9-4-2-8(3-5-9)10(15)13-7-6-11/h2-5,12,14H,6-7,11H2,1H3,(H,13,15). The number of carbonyl (C=O) groups is 1. The second-order valence-corrected chi connectivity index (χ2v) is 3.00. The summed E-state index contributed by atoms with van der Waals surface area (Å²) in [5.74, 6) is -0.101. The second-order valence-electron chi connectivity index (χ2n) is 3.00. The van der Waals surface area contributed by atoms with Crippen molar-refractivity contribution in [2.24, 2.45) is 5.73 Å². The third-order valence-electron chi connectivity index (χ3n) is 1.85. The van der Waals surface area contributed by atoms with E-state index in [0.717, 1.165) is 5.69 Å². The van der Waals surface area contributed by atoms with E-state index in [9.17, 15) is 4.79 Å². The highest BCUT2D eigenvalue weighted by atomic mass is 16.1. The van der Waals surface area contributed by atoms with Crippen molar-refractivity contribution in [3.8, 4) is 0 Å². The monoisotopic (exact) mass is 208 g/mol. The summed E-state index contributed by atoms with van der Waals surface area (Å²) in [6, 6.07) is 7.17. The zero-order valence-corrected chi connectivity index (χ0v) is 8.71. The molecule has 1 rings (SSSR count). The molecule has 82 valence electrons. The Balaban J connectivity index is 2.58. The Bertz CT molecular complexity index is 310. The molecular formula is C10H16N4O. The van der Waals surface area contributed by atoms with E-state index in [1.165, 1.54) is 0 Å². The highest BCUT2D eigenvalue weighted by Crippen LogP contribution is 2.07. The van der Waals surface area contributed by atoms with Gasteiger partial charge in [-0.05, 0) is 24.3 Å². The maximum absolute atomic E-state index is 11.5. The van der Waals surface area contributed by atoms with Gasteiger partial charge >= 0.3 is 0 Å². The van der Waals surface area contributed by atoms with Gasteiger partial charge in [-0.1, -0.05) is 0 Å². The molecule has 0 fully saturated rings. The molecule has 0 saturated carbocycles. The van der Waals surface area contributed by atoms with Gasteiger partial charge in [-0.2, -0.15) is 0 Å². The molecule has 0 heterocycles. The zero-order chi connectivity index (χ0) is 11.1. The van der Waals surface area contributed by atoms with E-state index in [-0.39, 0.29) is 5.91 Å². The Labute approximate surface area is 89.0 Å². The van der Waals surface area contributed by atoms with Gasteiger partial charge in [0.05, 0.1) is 0 Å². The highest BCUT2D eigenvalue weighted by molar-refractivity contribution is 5.94. The number of hydrogen-bond donors (Lipinski definition) is 4. The minimum absolute atomic E-state index is 0.101. The van der Waals surface area contributed by atoms with E-state index < -0.39 is 0 Å². The number of carbonyl (C=O) groups excluding carboxylic acids is 1. The van der Waals surface area contributed by atoms with Crippen LogP contribution in [0.2, 0.25) is 0 Å². The Kier molecular flexibility index (Phi) is 4.59. The van der Waals surface area contributed by atoms with Gasteiger partial charge in [0, 0.05) is 31.4 Å².